The summed E-state index contributed by atoms with van der Waals surface area (Å²) in [6.45, 7) is 7.41. The van der Waals surface area contributed by atoms with Gasteiger partial charge in [0.05, 0.1) is 13.7 Å². The van der Waals surface area contributed by atoms with Gasteiger partial charge in [0, 0.05) is 12.2 Å². The van der Waals surface area contributed by atoms with E-state index < -0.39 is 0 Å². The number of ether oxygens (including phenoxy) is 1. The first-order chi connectivity index (χ1) is 11.9. The van der Waals surface area contributed by atoms with Crippen molar-refractivity contribution in [2.24, 2.45) is 0 Å². The Labute approximate surface area is 150 Å². The zero-order valence-electron chi connectivity index (χ0n) is 15.6. The molecule has 2 aromatic carbocycles. The largest absolute Gasteiger partial charge is 0.496 e. The van der Waals surface area contributed by atoms with Gasteiger partial charge in [0.15, 0.2) is 0 Å². The van der Waals surface area contributed by atoms with Crippen molar-refractivity contribution in [2.45, 2.75) is 32.6 Å². The van der Waals surface area contributed by atoms with Crippen molar-refractivity contribution in [3.05, 3.63) is 59.7 Å². The highest BCUT2D eigenvalue weighted by molar-refractivity contribution is 5.80. The number of nitrogens with one attached hydrogen (secondary N) is 2. The maximum absolute atomic E-state index is 12.0. The number of para-hydroxylation sites is 1. The molecule has 0 unspecified atom stereocenters. The van der Waals surface area contributed by atoms with Crippen LogP contribution in [0.4, 0.5) is 5.69 Å². The highest BCUT2D eigenvalue weighted by atomic mass is 16.5. The number of methoxy groups -OCH3 is 1. The molecule has 2 aromatic rings. The van der Waals surface area contributed by atoms with Crippen LogP contribution in [0.2, 0.25) is 0 Å². The van der Waals surface area contributed by atoms with Crippen molar-refractivity contribution in [1.82, 2.24) is 5.32 Å². The summed E-state index contributed by atoms with van der Waals surface area (Å²) in [6, 6.07) is 16.1. The molecule has 0 spiro atoms. The van der Waals surface area contributed by atoms with E-state index >= 15 is 0 Å². The van der Waals surface area contributed by atoms with E-state index in [0.717, 1.165) is 23.4 Å². The number of hydrogen-bond acceptors (Lipinski definition) is 3. The third-order valence-electron chi connectivity index (χ3n) is 4.11. The van der Waals surface area contributed by atoms with Crippen molar-refractivity contribution >= 4 is 11.6 Å². The average molecular weight is 340 g/mol. The molecule has 0 fully saturated rings. The van der Waals surface area contributed by atoms with Crippen molar-refractivity contribution in [2.75, 3.05) is 25.5 Å². The molecule has 1 amide bonds. The first-order valence-electron chi connectivity index (χ1n) is 8.63. The molecule has 4 nitrogen and oxygen atoms in total. The van der Waals surface area contributed by atoms with E-state index in [9.17, 15) is 4.79 Å². The minimum Gasteiger partial charge on any atom is -0.496 e. The van der Waals surface area contributed by atoms with Crippen LogP contribution in [0.5, 0.6) is 5.75 Å². The lowest BCUT2D eigenvalue weighted by atomic mass is 9.87. The van der Waals surface area contributed by atoms with Crippen LogP contribution in [0.3, 0.4) is 0 Å². The predicted molar refractivity (Wildman–Crippen MR) is 103 cm³/mol. The standard InChI is InChI=1S/C21H28N2O2/c1-21(2,3)17-9-11-18(12-10-17)23-15-20(24)22-14-13-16-7-5-6-8-19(16)25-4/h5-12,23H,13-15H2,1-4H3,(H,22,24). The summed E-state index contributed by atoms with van der Waals surface area (Å²) in [5, 5.41) is 6.09. The Hall–Kier alpha value is -2.49. The Kier molecular flexibility index (Phi) is 6.45. The molecule has 2 rings (SSSR count). The van der Waals surface area contributed by atoms with Crippen molar-refractivity contribution in [3.8, 4) is 5.75 Å². The van der Waals surface area contributed by atoms with E-state index in [1.807, 2.05) is 36.4 Å². The fourth-order valence-electron chi connectivity index (χ4n) is 2.58. The zero-order valence-corrected chi connectivity index (χ0v) is 15.6. The zero-order chi connectivity index (χ0) is 18.3. The van der Waals surface area contributed by atoms with E-state index in [0.29, 0.717) is 6.54 Å². The SMILES string of the molecule is COc1ccccc1CCNC(=O)CNc1ccc(C(C)(C)C)cc1. The predicted octanol–water partition coefficient (Wildman–Crippen LogP) is 3.76. The van der Waals surface area contributed by atoms with Crippen molar-refractivity contribution in [1.29, 1.82) is 0 Å². The quantitative estimate of drug-likeness (QED) is 0.807. The molecule has 0 heterocycles. The molecule has 0 aliphatic rings. The maximum atomic E-state index is 12.0. The molecular weight excluding hydrogens is 312 g/mol. The molecule has 0 saturated heterocycles. The summed E-state index contributed by atoms with van der Waals surface area (Å²) in [7, 11) is 1.66. The van der Waals surface area contributed by atoms with Crippen LogP contribution in [-0.2, 0) is 16.6 Å². The average Bonchev–Trinajstić information content (AvgIpc) is 2.60. The Morgan fingerprint density at radius 2 is 1.72 bits per heavy atom. The molecule has 0 aliphatic carbocycles. The Morgan fingerprint density at radius 3 is 2.36 bits per heavy atom. The normalized spacial score (nSPS) is 11.0. The van der Waals surface area contributed by atoms with Gasteiger partial charge >= 0.3 is 0 Å². The second-order valence-corrected chi connectivity index (χ2v) is 7.09. The third-order valence-corrected chi connectivity index (χ3v) is 4.11. The third kappa shape index (κ3) is 5.82. The van der Waals surface area contributed by atoms with Crippen LogP contribution in [0.25, 0.3) is 0 Å². The van der Waals surface area contributed by atoms with E-state index in [4.69, 9.17) is 4.74 Å². The first kappa shape index (κ1) is 18.8. The number of rotatable bonds is 7. The molecule has 0 aliphatic heterocycles. The number of anilines is 1. The summed E-state index contributed by atoms with van der Waals surface area (Å²) in [5.41, 5.74) is 3.46. The Bertz CT molecular complexity index is 688. The van der Waals surface area contributed by atoms with E-state index in [2.05, 4.69) is 43.5 Å². The number of hydrogen-bond donors (Lipinski definition) is 2. The Balaban J connectivity index is 1.75. The summed E-state index contributed by atoms with van der Waals surface area (Å²) in [6.07, 6.45) is 0.746. The maximum Gasteiger partial charge on any atom is 0.239 e. The van der Waals surface area contributed by atoms with Crippen LogP contribution >= 0.6 is 0 Å². The second kappa shape index (κ2) is 8.56. The fourth-order valence-corrected chi connectivity index (χ4v) is 2.58. The summed E-state index contributed by atoms with van der Waals surface area (Å²) in [5.74, 6) is 0.837. The van der Waals surface area contributed by atoms with E-state index in [-0.39, 0.29) is 17.9 Å². The molecule has 134 valence electrons. The van der Waals surface area contributed by atoms with Crippen molar-refractivity contribution < 1.29 is 9.53 Å². The highest BCUT2D eigenvalue weighted by Gasteiger charge is 2.12. The molecule has 0 atom stereocenters. The number of carbonyl (C=O) groups is 1. The van der Waals surface area contributed by atoms with Crippen LogP contribution < -0.4 is 15.4 Å². The lowest BCUT2D eigenvalue weighted by Crippen LogP contribution is -2.31. The smallest absolute Gasteiger partial charge is 0.239 e. The number of carbonyl (C=O) groups excluding carboxylic acids is 1. The fraction of sp³-hybridized carbons (Fsp3) is 0.381. The van der Waals surface area contributed by atoms with Gasteiger partial charge in [-0.1, -0.05) is 51.1 Å². The van der Waals surface area contributed by atoms with Gasteiger partial charge < -0.3 is 15.4 Å². The van der Waals surface area contributed by atoms with E-state index in [1.165, 1.54) is 5.56 Å². The summed E-state index contributed by atoms with van der Waals surface area (Å²) >= 11 is 0. The van der Waals surface area contributed by atoms with Gasteiger partial charge in [0.2, 0.25) is 5.91 Å². The monoisotopic (exact) mass is 340 g/mol. The minimum absolute atomic E-state index is 0.0187. The van der Waals surface area contributed by atoms with Gasteiger partial charge in [-0.15, -0.1) is 0 Å². The van der Waals surface area contributed by atoms with Gasteiger partial charge in [-0.05, 0) is 41.2 Å². The number of benzene rings is 2. The molecule has 0 aromatic heterocycles. The van der Waals surface area contributed by atoms with Gasteiger partial charge in [-0.2, -0.15) is 0 Å². The molecule has 0 saturated carbocycles. The molecule has 2 N–H and O–H groups in total. The number of amides is 1. The Morgan fingerprint density at radius 1 is 1.04 bits per heavy atom. The lowest BCUT2D eigenvalue weighted by Gasteiger charge is -2.19. The molecule has 0 bridgehead atoms. The second-order valence-electron chi connectivity index (χ2n) is 7.09. The van der Waals surface area contributed by atoms with Gasteiger partial charge in [0.1, 0.15) is 5.75 Å². The van der Waals surface area contributed by atoms with Gasteiger partial charge in [-0.25, -0.2) is 0 Å². The first-order valence-corrected chi connectivity index (χ1v) is 8.63. The van der Waals surface area contributed by atoms with Crippen LogP contribution in [0.1, 0.15) is 31.9 Å². The molecule has 25 heavy (non-hydrogen) atoms. The van der Waals surface area contributed by atoms with Crippen LogP contribution in [0, 0.1) is 0 Å². The van der Waals surface area contributed by atoms with Crippen LogP contribution in [-0.4, -0.2) is 26.1 Å². The van der Waals surface area contributed by atoms with Crippen LogP contribution in [0.15, 0.2) is 48.5 Å². The van der Waals surface area contributed by atoms with Gasteiger partial charge in [-0.3, -0.25) is 4.79 Å². The molecule has 4 heteroatoms. The van der Waals surface area contributed by atoms with E-state index in [1.54, 1.807) is 7.11 Å². The lowest BCUT2D eigenvalue weighted by molar-refractivity contribution is -0.119. The molecular formula is C21H28N2O2. The van der Waals surface area contributed by atoms with Crippen molar-refractivity contribution in [3.63, 3.8) is 0 Å². The highest BCUT2D eigenvalue weighted by Crippen LogP contribution is 2.23. The van der Waals surface area contributed by atoms with Gasteiger partial charge in [0.25, 0.3) is 0 Å². The molecule has 0 radical (unpaired) electrons. The summed E-state index contributed by atoms with van der Waals surface area (Å²) in [4.78, 5) is 12.0. The minimum atomic E-state index is -0.0187. The summed E-state index contributed by atoms with van der Waals surface area (Å²) < 4.78 is 5.32. The topological polar surface area (TPSA) is 50.4 Å².